The van der Waals surface area contributed by atoms with Crippen LogP contribution in [0, 0.1) is 5.92 Å². The standard InChI is InChI=1S/C10H14O4/c1-4-13-9(11)7-6-8(3)10(12)14-5-2/h4-5,8H,1-2,6-7H2,3H3. The van der Waals surface area contributed by atoms with E-state index in [0.717, 1.165) is 12.5 Å². The van der Waals surface area contributed by atoms with Gasteiger partial charge < -0.3 is 9.47 Å². The Kier molecular flexibility index (Phi) is 6.11. The van der Waals surface area contributed by atoms with Gasteiger partial charge in [0.2, 0.25) is 0 Å². The fourth-order valence-corrected chi connectivity index (χ4v) is 0.802. The normalized spacial score (nSPS) is 11.2. The number of carbonyl (C=O) groups excluding carboxylic acids is 2. The van der Waals surface area contributed by atoms with Gasteiger partial charge in [-0.05, 0) is 6.42 Å². The van der Waals surface area contributed by atoms with Gasteiger partial charge in [-0.3, -0.25) is 9.59 Å². The smallest absolute Gasteiger partial charge is 0.313 e. The third-order valence-corrected chi connectivity index (χ3v) is 1.60. The molecule has 0 saturated heterocycles. The first kappa shape index (κ1) is 12.4. The summed E-state index contributed by atoms with van der Waals surface area (Å²) >= 11 is 0. The highest BCUT2D eigenvalue weighted by atomic mass is 16.5. The van der Waals surface area contributed by atoms with Crippen molar-refractivity contribution in [1.82, 2.24) is 0 Å². The van der Waals surface area contributed by atoms with E-state index in [2.05, 4.69) is 22.6 Å². The zero-order valence-electron chi connectivity index (χ0n) is 8.19. The minimum atomic E-state index is -0.404. The molecule has 0 radical (unpaired) electrons. The van der Waals surface area contributed by atoms with E-state index < -0.39 is 11.9 Å². The lowest BCUT2D eigenvalue weighted by atomic mass is 10.1. The van der Waals surface area contributed by atoms with E-state index in [1.54, 1.807) is 6.92 Å². The van der Waals surface area contributed by atoms with Crippen LogP contribution < -0.4 is 0 Å². The molecule has 0 heterocycles. The Morgan fingerprint density at radius 1 is 1.29 bits per heavy atom. The first-order valence-corrected chi connectivity index (χ1v) is 4.23. The average Bonchev–Trinajstić information content (AvgIpc) is 2.15. The minimum absolute atomic E-state index is 0.166. The molecule has 0 aliphatic carbocycles. The topological polar surface area (TPSA) is 52.6 Å². The average molecular weight is 198 g/mol. The first-order chi connectivity index (χ1) is 6.61. The van der Waals surface area contributed by atoms with Crippen LogP contribution in [0.25, 0.3) is 0 Å². The third kappa shape index (κ3) is 5.13. The molecule has 1 unspecified atom stereocenters. The van der Waals surface area contributed by atoms with Crippen LogP contribution in [0.2, 0.25) is 0 Å². The molecule has 4 nitrogen and oxygen atoms in total. The predicted octanol–water partition coefficient (Wildman–Crippen LogP) is 1.78. The molecule has 0 saturated carbocycles. The number of hydrogen-bond acceptors (Lipinski definition) is 4. The maximum absolute atomic E-state index is 11.0. The van der Waals surface area contributed by atoms with Crippen LogP contribution in [0.5, 0.6) is 0 Å². The predicted molar refractivity (Wildman–Crippen MR) is 51.0 cm³/mol. The second kappa shape index (κ2) is 6.88. The Hall–Kier alpha value is -1.58. The monoisotopic (exact) mass is 198 g/mol. The Labute approximate surface area is 83.2 Å². The van der Waals surface area contributed by atoms with Crippen molar-refractivity contribution >= 4 is 11.9 Å². The van der Waals surface area contributed by atoms with Crippen LogP contribution in [-0.4, -0.2) is 11.9 Å². The molecule has 0 rings (SSSR count). The Morgan fingerprint density at radius 3 is 2.36 bits per heavy atom. The zero-order chi connectivity index (χ0) is 11.0. The van der Waals surface area contributed by atoms with Crippen LogP contribution in [0.1, 0.15) is 19.8 Å². The Balaban J connectivity index is 3.77. The minimum Gasteiger partial charge on any atom is -0.435 e. The quantitative estimate of drug-likeness (QED) is 0.482. The van der Waals surface area contributed by atoms with Gasteiger partial charge in [0.25, 0.3) is 0 Å². The summed E-state index contributed by atoms with van der Waals surface area (Å²) in [6.45, 7) is 8.18. The summed E-state index contributed by atoms with van der Waals surface area (Å²) in [4.78, 5) is 21.9. The van der Waals surface area contributed by atoms with Gasteiger partial charge in [0.05, 0.1) is 18.4 Å². The highest BCUT2D eigenvalue weighted by Crippen LogP contribution is 2.08. The maximum atomic E-state index is 11.0. The Morgan fingerprint density at radius 2 is 1.86 bits per heavy atom. The molecule has 0 N–H and O–H groups in total. The molecule has 0 fully saturated rings. The highest BCUT2D eigenvalue weighted by molar-refractivity contribution is 5.74. The summed E-state index contributed by atoms with van der Waals surface area (Å²) in [7, 11) is 0. The summed E-state index contributed by atoms with van der Waals surface area (Å²) in [5.74, 6) is -1.14. The lowest BCUT2D eigenvalue weighted by Crippen LogP contribution is -2.14. The van der Waals surface area contributed by atoms with Crippen molar-refractivity contribution in [2.24, 2.45) is 5.92 Å². The molecular formula is C10H14O4. The molecular weight excluding hydrogens is 184 g/mol. The van der Waals surface area contributed by atoms with E-state index in [1.165, 1.54) is 0 Å². The van der Waals surface area contributed by atoms with Gasteiger partial charge in [-0.2, -0.15) is 0 Å². The van der Waals surface area contributed by atoms with Crippen molar-refractivity contribution < 1.29 is 19.1 Å². The first-order valence-electron chi connectivity index (χ1n) is 4.23. The van der Waals surface area contributed by atoms with Gasteiger partial charge in [-0.1, -0.05) is 20.1 Å². The molecule has 0 aromatic heterocycles. The lowest BCUT2D eigenvalue weighted by Gasteiger charge is -2.07. The summed E-state index contributed by atoms with van der Waals surface area (Å²) in [6.07, 6.45) is 2.69. The van der Waals surface area contributed by atoms with E-state index in [9.17, 15) is 9.59 Å². The number of esters is 2. The molecule has 0 aromatic rings. The van der Waals surface area contributed by atoms with Crippen molar-refractivity contribution in [3.8, 4) is 0 Å². The van der Waals surface area contributed by atoms with Crippen LogP contribution in [0.4, 0.5) is 0 Å². The fourth-order valence-electron chi connectivity index (χ4n) is 0.802. The van der Waals surface area contributed by atoms with E-state index in [-0.39, 0.29) is 12.3 Å². The van der Waals surface area contributed by atoms with Gasteiger partial charge >= 0.3 is 11.9 Å². The van der Waals surface area contributed by atoms with Crippen LogP contribution in [-0.2, 0) is 19.1 Å². The van der Waals surface area contributed by atoms with E-state index in [0.29, 0.717) is 6.42 Å². The molecule has 1 atom stereocenters. The van der Waals surface area contributed by atoms with Crippen molar-refractivity contribution in [3.05, 3.63) is 25.7 Å². The third-order valence-electron chi connectivity index (χ3n) is 1.60. The number of hydrogen-bond donors (Lipinski definition) is 0. The molecule has 0 aromatic carbocycles. The van der Waals surface area contributed by atoms with Gasteiger partial charge in [-0.25, -0.2) is 0 Å². The van der Waals surface area contributed by atoms with Gasteiger partial charge in [0.1, 0.15) is 0 Å². The van der Waals surface area contributed by atoms with Crippen molar-refractivity contribution in [2.75, 3.05) is 0 Å². The zero-order valence-corrected chi connectivity index (χ0v) is 8.19. The van der Waals surface area contributed by atoms with E-state index >= 15 is 0 Å². The molecule has 0 aliphatic rings. The largest absolute Gasteiger partial charge is 0.435 e. The number of carbonyl (C=O) groups is 2. The van der Waals surface area contributed by atoms with Crippen LogP contribution in [0.3, 0.4) is 0 Å². The molecule has 0 bridgehead atoms. The summed E-state index contributed by atoms with van der Waals surface area (Å²) in [6, 6.07) is 0. The molecule has 0 aliphatic heterocycles. The van der Waals surface area contributed by atoms with Gasteiger partial charge in [0.15, 0.2) is 0 Å². The SMILES string of the molecule is C=COC(=O)CCC(C)C(=O)OC=C. The lowest BCUT2D eigenvalue weighted by molar-refractivity contribution is -0.143. The second-order valence-corrected chi connectivity index (χ2v) is 2.70. The highest BCUT2D eigenvalue weighted by Gasteiger charge is 2.15. The summed E-state index contributed by atoms with van der Waals surface area (Å²) in [5.41, 5.74) is 0. The maximum Gasteiger partial charge on any atom is 0.313 e. The van der Waals surface area contributed by atoms with E-state index in [1.807, 2.05) is 0 Å². The van der Waals surface area contributed by atoms with Gasteiger partial charge in [-0.15, -0.1) is 0 Å². The van der Waals surface area contributed by atoms with Crippen molar-refractivity contribution in [1.29, 1.82) is 0 Å². The molecule has 4 heteroatoms. The summed E-state index contributed by atoms with van der Waals surface area (Å²) in [5, 5.41) is 0. The van der Waals surface area contributed by atoms with Crippen molar-refractivity contribution in [2.45, 2.75) is 19.8 Å². The second-order valence-electron chi connectivity index (χ2n) is 2.70. The number of ether oxygens (including phenoxy) is 2. The molecule has 78 valence electrons. The molecule has 0 spiro atoms. The van der Waals surface area contributed by atoms with Crippen LogP contribution in [0.15, 0.2) is 25.7 Å². The molecule has 0 amide bonds. The van der Waals surface area contributed by atoms with Crippen LogP contribution >= 0.6 is 0 Å². The van der Waals surface area contributed by atoms with Gasteiger partial charge in [0, 0.05) is 6.42 Å². The number of rotatable bonds is 6. The fraction of sp³-hybridized carbons (Fsp3) is 0.400. The summed E-state index contributed by atoms with van der Waals surface area (Å²) < 4.78 is 9.03. The Bertz CT molecular complexity index is 232. The molecule has 14 heavy (non-hydrogen) atoms. The van der Waals surface area contributed by atoms with Crippen molar-refractivity contribution in [3.63, 3.8) is 0 Å². The van der Waals surface area contributed by atoms with E-state index in [4.69, 9.17) is 0 Å².